The zero-order valence-corrected chi connectivity index (χ0v) is 14.5. The average molecular weight is 363 g/mol. The minimum absolute atomic E-state index is 0.119. The number of Topliss-reactive ketones (excluding diaryl/α,β-unsaturated/α-hetero) is 1. The van der Waals surface area contributed by atoms with Crippen LogP contribution in [-0.2, 0) is 14.8 Å². The van der Waals surface area contributed by atoms with Gasteiger partial charge in [0.05, 0.1) is 17.6 Å². The summed E-state index contributed by atoms with van der Waals surface area (Å²) in [5, 5.41) is 0. The van der Waals surface area contributed by atoms with Crippen LogP contribution in [0, 0.1) is 5.82 Å². The number of halogens is 1. The molecule has 132 valence electrons. The zero-order chi connectivity index (χ0) is 18.0. The predicted molar refractivity (Wildman–Crippen MR) is 90.3 cm³/mol. The molecule has 2 aromatic rings. The van der Waals surface area contributed by atoms with E-state index in [1.54, 1.807) is 12.1 Å². The molecule has 2 aromatic carbocycles. The van der Waals surface area contributed by atoms with E-state index >= 15 is 0 Å². The predicted octanol–water partition coefficient (Wildman–Crippen LogP) is 2.79. The van der Waals surface area contributed by atoms with Gasteiger partial charge in [0.15, 0.2) is 5.78 Å². The maximum Gasteiger partial charge on any atom is 0.243 e. The lowest BCUT2D eigenvalue weighted by Crippen LogP contribution is -2.42. The van der Waals surface area contributed by atoms with Gasteiger partial charge < -0.3 is 4.74 Å². The highest BCUT2D eigenvalue weighted by Gasteiger charge is 2.31. The zero-order valence-electron chi connectivity index (χ0n) is 13.7. The Morgan fingerprint density at radius 2 is 1.76 bits per heavy atom. The van der Waals surface area contributed by atoms with E-state index in [4.69, 9.17) is 4.74 Å². The van der Waals surface area contributed by atoms with E-state index in [1.165, 1.54) is 47.6 Å². The van der Waals surface area contributed by atoms with Gasteiger partial charge in [-0.1, -0.05) is 24.3 Å². The molecule has 0 radical (unpaired) electrons. The summed E-state index contributed by atoms with van der Waals surface area (Å²) in [4.78, 5) is 11.5. The van der Waals surface area contributed by atoms with Crippen LogP contribution in [0.3, 0.4) is 0 Å². The number of rotatable bonds is 4. The van der Waals surface area contributed by atoms with Crippen molar-refractivity contribution in [1.82, 2.24) is 4.31 Å². The molecule has 0 spiro atoms. The number of ketones is 1. The number of hydrogen-bond donors (Lipinski definition) is 0. The fourth-order valence-electron chi connectivity index (χ4n) is 2.73. The SMILES string of the molecule is CC(=O)c1ccc(S(=O)(=O)N2CCOC(c3ccc(F)cc3)C2)cc1. The standard InChI is InChI=1S/C18H18FNO4S/c1-13(21)14-4-8-17(9-5-14)25(22,23)20-10-11-24-18(12-20)15-2-6-16(19)7-3-15/h2-9,18H,10-12H2,1H3. The number of ether oxygens (including phenoxy) is 1. The molecule has 0 aliphatic carbocycles. The van der Waals surface area contributed by atoms with Gasteiger partial charge in [-0.05, 0) is 36.8 Å². The minimum Gasteiger partial charge on any atom is -0.371 e. The van der Waals surface area contributed by atoms with Crippen molar-refractivity contribution in [2.24, 2.45) is 0 Å². The minimum atomic E-state index is -3.69. The third kappa shape index (κ3) is 3.78. The Balaban J connectivity index is 1.81. The summed E-state index contributed by atoms with van der Waals surface area (Å²) in [6, 6.07) is 11.7. The third-order valence-corrected chi connectivity index (χ3v) is 6.05. The molecule has 25 heavy (non-hydrogen) atoms. The van der Waals surface area contributed by atoms with E-state index in [0.717, 1.165) is 5.56 Å². The molecular formula is C18H18FNO4S. The van der Waals surface area contributed by atoms with E-state index in [9.17, 15) is 17.6 Å². The molecule has 1 heterocycles. The van der Waals surface area contributed by atoms with Crippen LogP contribution in [0.25, 0.3) is 0 Å². The van der Waals surface area contributed by atoms with Crippen molar-refractivity contribution in [3.05, 3.63) is 65.5 Å². The van der Waals surface area contributed by atoms with Gasteiger partial charge in [0.2, 0.25) is 10.0 Å². The summed E-state index contributed by atoms with van der Waals surface area (Å²) in [5.74, 6) is -0.471. The topological polar surface area (TPSA) is 63.7 Å². The Kier molecular flexibility index (Phi) is 4.99. The molecule has 5 nitrogen and oxygen atoms in total. The Morgan fingerprint density at radius 1 is 1.12 bits per heavy atom. The molecule has 0 N–H and O–H groups in total. The maximum atomic E-state index is 13.1. The van der Waals surface area contributed by atoms with Crippen LogP contribution < -0.4 is 0 Å². The van der Waals surface area contributed by atoms with E-state index in [0.29, 0.717) is 5.56 Å². The molecule has 0 saturated carbocycles. The lowest BCUT2D eigenvalue weighted by molar-refractivity contribution is -0.00258. The van der Waals surface area contributed by atoms with Crippen molar-refractivity contribution in [3.8, 4) is 0 Å². The fourth-order valence-corrected chi connectivity index (χ4v) is 4.16. The van der Waals surface area contributed by atoms with Crippen LogP contribution in [0.4, 0.5) is 4.39 Å². The third-order valence-electron chi connectivity index (χ3n) is 4.17. The van der Waals surface area contributed by atoms with Gasteiger partial charge in [-0.3, -0.25) is 4.79 Å². The Labute approximate surface area is 146 Å². The molecule has 0 bridgehead atoms. The first-order valence-electron chi connectivity index (χ1n) is 7.86. The lowest BCUT2D eigenvalue weighted by atomic mass is 10.1. The van der Waals surface area contributed by atoms with Crippen LogP contribution in [0.15, 0.2) is 53.4 Å². The summed E-state index contributed by atoms with van der Waals surface area (Å²) < 4.78 is 45.7. The second kappa shape index (κ2) is 7.03. The monoisotopic (exact) mass is 363 g/mol. The molecule has 7 heteroatoms. The number of hydrogen-bond acceptors (Lipinski definition) is 4. The van der Waals surface area contributed by atoms with Crippen LogP contribution in [-0.4, -0.2) is 38.2 Å². The van der Waals surface area contributed by atoms with Gasteiger partial charge in [-0.25, -0.2) is 12.8 Å². The van der Waals surface area contributed by atoms with Gasteiger partial charge in [-0.15, -0.1) is 0 Å². The smallest absolute Gasteiger partial charge is 0.243 e. The van der Waals surface area contributed by atoms with Crippen LogP contribution in [0.2, 0.25) is 0 Å². The number of nitrogens with zero attached hydrogens (tertiary/aromatic N) is 1. The number of carbonyl (C=O) groups is 1. The van der Waals surface area contributed by atoms with Crippen molar-refractivity contribution in [1.29, 1.82) is 0 Å². The molecule has 1 saturated heterocycles. The number of carbonyl (C=O) groups excluding carboxylic acids is 1. The number of sulfonamides is 1. The second-order valence-corrected chi connectivity index (χ2v) is 7.79. The molecule has 1 atom stereocenters. The Hall–Kier alpha value is -2.09. The summed E-state index contributed by atoms with van der Waals surface area (Å²) >= 11 is 0. The van der Waals surface area contributed by atoms with E-state index in [-0.39, 0.29) is 36.2 Å². The molecule has 0 aromatic heterocycles. The fraction of sp³-hybridized carbons (Fsp3) is 0.278. The second-order valence-electron chi connectivity index (χ2n) is 5.85. The molecule has 1 aliphatic rings. The molecule has 1 aliphatic heterocycles. The quantitative estimate of drug-likeness (QED) is 0.784. The number of morpholine rings is 1. The van der Waals surface area contributed by atoms with Crippen molar-refractivity contribution in [2.45, 2.75) is 17.9 Å². The van der Waals surface area contributed by atoms with Crippen molar-refractivity contribution in [3.63, 3.8) is 0 Å². The first kappa shape index (κ1) is 17.7. The highest BCUT2D eigenvalue weighted by molar-refractivity contribution is 7.89. The van der Waals surface area contributed by atoms with Crippen LogP contribution >= 0.6 is 0 Å². The molecule has 3 rings (SSSR count). The first-order chi connectivity index (χ1) is 11.9. The summed E-state index contributed by atoms with van der Waals surface area (Å²) in [6.07, 6.45) is -0.444. The van der Waals surface area contributed by atoms with E-state index in [1.807, 2.05) is 0 Å². The summed E-state index contributed by atoms with van der Waals surface area (Å²) in [6.45, 7) is 2.09. The van der Waals surface area contributed by atoms with E-state index in [2.05, 4.69) is 0 Å². The summed E-state index contributed by atoms with van der Waals surface area (Å²) in [7, 11) is -3.69. The van der Waals surface area contributed by atoms with Gasteiger partial charge in [0.1, 0.15) is 5.82 Å². The molecule has 1 fully saturated rings. The van der Waals surface area contributed by atoms with Crippen molar-refractivity contribution < 1.29 is 22.3 Å². The van der Waals surface area contributed by atoms with Crippen LogP contribution in [0.5, 0.6) is 0 Å². The molecule has 1 unspecified atom stereocenters. The van der Waals surface area contributed by atoms with E-state index < -0.39 is 16.1 Å². The van der Waals surface area contributed by atoms with Crippen LogP contribution in [0.1, 0.15) is 28.9 Å². The van der Waals surface area contributed by atoms with Gasteiger partial charge in [0, 0.05) is 18.7 Å². The Bertz CT molecular complexity index is 863. The lowest BCUT2D eigenvalue weighted by Gasteiger charge is -2.32. The van der Waals surface area contributed by atoms with Crippen molar-refractivity contribution in [2.75, 3.05) is 19.7 Å². The van der Waals surface area contributed by atoms with Gasteiger partial charge in [0.25, 0.3) is 0 Å². The highest BCUT2D eigenvalue weighted by Crippen LogP contribution is 2.26. The highest BCUT2D eigenvalue weighted by atomic mass is 32.2. The summed E-state index contributed by atoms with van der Waals surface area (Å²) in [5.41, 5.74) is 1.19. The number of benzene rings is 2. The average Bonchev–Trinajstić information content (AvgIpc) is 2.62. The van der Waals surface area contributed by atoms with Crippen molar-refractivity contribution >= 4 is 15.8 Å². The maximum absolute atomic E-state index is 13.1. The van der Waals surface area contributed by atoms with Gasteiger partial charge >= 0.3 is 0 Å². The Morgan fingerprint density at radius 3 is 2.36 bits per heavy atom. The first-order valence-corrected chi connectivity index (χ1v) is 9.30. The molecular weight excluding hydrogens is 345 g/mol. The normalized spacial score (nSPS) is 18.9. The van der Waals surface area contributed by atoms with Gasteiger partial charge in [-0.2, -0.15) is 4.31 Å². The largest absolute Gasteiger partial charge is 0.371 e. The molecule has 0 amide bonds.